The molecule has 0 saturated heterocycles. The van der Waals surface area contributed by atoms with Crippen LogP contribution in [0.4, 0.5) is 24.0 Å². The Labute approximate surface area is 892 Å². The number of hydrogen-bond acceptors (Lipinski definition) is 33. The molecule has 147 heavy (non-hydrogen) atoms. The number of carbonyl (C=O) groups is 5. The van der Waals surface area contributed by atoms with Crippen LogP contribution in [0.25, 0.3) is 4.85 Å². The number of unbranched alkanes of at least 4 members (excludes halogenated alkanes) is 15. The summed E-state index contributed by atoms with van der Waals surface area (Å²) in [6.07, 6.45) is 31.6. The highest BCUT2D eigenvalue weighted by Crippen LogP contribution is 2.15. The van der Waals surface area contributed by atoms with E-state index in [1.165, 1.54) is 31.1 Å². The number of amides is 5. The van der Waals surface area contributed by atoms with E-state index in [1.807, 2.05) is 104 Å². The molecule has 0 aliphatic heterocycles. The van der Waals surface area contributed by atoms with Gasteiger partial charge in [-0.3, -0.25) is 4.90 Å². The number of nitriles is 8. The quantitative estimate of drug-likeness (QED) is 0.0116. The molecule has 0 aliphatic rings. The average Bonchev–Trinajstić information content (AvgIpc) is 1.23. The molecule has 0 fully saturated rings. The third-order valence-electron chi connectivity index (χ3n) is 20.6. The van der Waals surface area contributed by atoms with E-state index < -0.39 is 28.0 Å². The fraction of sp³-hybridized carbons (Fsp3) is 0.815. The average molecular weight is 2070 g/mol. The van der Waals surface area contributed by atoms with Crippen LogP contribution in [-0.2, 0) is 23.7 Å². The number of nitrogens with zero attached hydrogens (tertiary/aromatic N) is 17. The van der Waals surface area contributed by atoms with Gasteiger partial charge in [0.25, 0.3) is 0 Å². The van der Waals surface area contributed by atoms with E-state index in [-0.39, 0.29) is 30.5 Å². The zero-order valence-electron chi connectivity index (χ0n) is 94.7. The fourth-order valence-corrected chi connectivity index (χ4v) is 13.3. The molecular formula is C108H209N29O10. The van der Waals surface area contributed by atoms with E-state index >= 15 is 0 Å². The van der Waals surface area contributed by atoms with Gasteiger partial charge in [-0.2, -0.15) is 42.1 Å². The van der Waals surface area contributed by atoms with Crippen molar-refractivity contribution in [3.8, 4) is 48.6 Å². The van der Waals surface area contributed by atoms with Gasteiger partial charge in [0.2, 0.25) is 6.54 Å². The molecule has 5 amide bonds. The molecule has 0 heterocycles. The van der Waals surface area contributed by atoms with Crippen molar-refractivity contribution >= 4 is 30.5 Å². The topological polar surface area (TPSA) is 594 Å². The van der Waals surface area contributed by atoms with Gasteiger partial charge in [-0.05, 0) is 318 Å². The molecule has 0 spiro atoms. The number of carbonyl (C=O) groups excluding carboxylic acids is 5. The van der Waals surface area contributed by atoms with Gasteiger partial charge in [0, 0.05) is 168 Å². The van der Waals surface area contributed by atoms with Crippen molar-refractivity contribution in [2.45, 2.75) is 331 Å². The molecule has 0 aromatic carbocycles. The maximum Gasteiger partial charge on any atom is 0.407 e. The largest absolute Gasteiger partial charge is 0.444 e. The maximum atomic E-state index is 11.8. The van der Waals surface area contributed by atoms with Gasteiger partial charge >= 0.3 is 30.5 Å². The second-order valence-corrected chi connectivity index (χ2v) is 40.0. The summed E-state index contributed by atoms with van der Waals surface area (Å²) < 4.78 is 26.0. The molecule has 0 radical (unpaired) electrons. The summed E-state index contributed by atoms with van der Waals surface area (Å²) in [5, 5.41) is 80.6. The highest BCUT2D eigenvalue weighted by Gasteiger charge is 2.22. The van der Waals surface area contributed by atoms with Gasteiger partial charge in [0.1, 0.15) is 28.0 Å². The number of rotatable bonds is 76. The van der Waals surface area contributed by atoms with E-state index in [1.54, 1.807) is 18.2 Å². The number of alkyl carbamates (subject to hydrolysis) is 5. The predicted octanol–water partition coefficient (Wildman–Crippen LogP) is 14.4. The third-order valence-corrected chi connectivity index (χ3v) is 20.6. The van der Waals surface area contributed by atoms with E-state index in [0.717, 1.165) is 331 Å². The number of allylic oxidation sites excluding steroid dienone is 3. The Hall–Kier alpha value is -9.62. The number of nitrogens with one attached hydrogen (secondary N) is 5. The highest BCUT2D eigenvalue weighted by atomic mass is 16.6. The van der Waals surface area contributed by atoms with Crippen LogP contribution < -0.4 is 66.7 Å². The standard InChI is InChI=1S/C27H46N8O2.C27H62N8O2.C17H38N4O2.C17H30N4O2.C11H24N2O2.3C3H3N/c1-27(2,3)37-26(36)32-15-7-5-6-8-17-35(24-22-33(18-9-12-28)19-10-13-29)25-23-34(20-11-14-30)21-16-31-4;1-27(2,3)37-26(36)32-16-6-4-5-7-17-35(24-22-33(18-8-12-28)19-9-13-29)25-23-34(20-10-14-30)21-11-15-31;2*1-17(2,3)23-16(22)20-12-6-4-5-7-13-21(14-8-10-18)15-9-11-19;1-11(2,3)15-10(14)13-9-7-5-4-6-8-12;3*1-2-3-4/h5-11,15-25H2,1-3H3,(H,32,36);4-25,28-31H2,1-3H3,(H,32,36);4-15,18-19H2,1-3H3,(H,20,22);4-9,12-15H2,1-3H3,(H,20,22);4-9,12H2,1-3H3,(H,13,14);3*2H,1H2. The van der Waals surface area contributed by atoms with Crippen molar-refractivity contribution in [2.24, 2.45) is 40.1 Å². The molecule has 0 aromatic rings. The van der Waals surface area contributed by atoms with E-state index in [4.69, 9.17) is 112 Å². The van der Waals surface area contributed by atoms with Crippen LogP contribution in [0, 0.1) is 97.2 Å². The molecule has 19 N–H and O–H groups in total. The molecule has 0 atom stereocenters. The monoisotopic (exact) mass is 2070 g/mol. The summed E-state index contributed by atoms with van der Waals surface area (Å²) in [6.45, 7) is 75.0. The van der Waals surface area contributed by atoms with Crippen LogP contribution in [-0.4, -0.2) is 340 Å². The lowest BCUT2D eigenvalue weighted by Crippen LogP contribution is -2.42. The van der Waals surface area contributed by atoms with Crippen LogP contribution in [0.5, 0.6) is 0 Å². The molecular weight excluding hydrogens is 1860 g/mol. The SMILES string of the molecule is C=CC#N.C=CC#N.C=CC#N.CC(C)(C)OC(=O)NCCCCCCN.CC(C)(C)OC(=O)NCCCCCCN(CCC#N)CCC#N.CC(C)(C)OC(=O)NCCCCCCN(CCCN)CCCN.CC(C)(C)OC(=O)NCCCCCCN(CCN(CCCN)CCCN)CCN(CCCN)CCCN.[C-]#[N+]CCN(CCC#N)CCN(CCCCCCNC(=O)OC(C)(C)C)CCN(CCC#N)CCC#N. The highest BCUT2D eigenvalue weighted by molar-refractivity contribution is 5.69. The van der Waals surface area contributed by atoms with Gasteiger partial charge in [-0.1, -0.05) is 83.9 Å². The van der Waals surface area contributed by atoms with Crippen LogP contribution in [0.1, 0.15) is 303 Å². The summed E-state index contributed by atoms with van der Waals surface area (Å²) >= 11 is 0. The van der Waals surface area contributed by atoms with Gasteiger partial charge in [0.05, 0.1) is 55.1 Å². The van der Waals surface area contributed by atoms with Crippen LogP contribution in [0.2, 0.25) is 0 Å². The third kappa shape index (κ3) is 136. The first-order valence-corrected chi connectivity index (χ1v) is 53.7. The Morgan fingerprint density at radius 2 is 0.388 bits per heavy atom. The maximum absolute atomic E-state index is 11.8. The predicted molar refractivity (Wildman–Crippen MR) is 596 cm³/mol. The summed E-state index contributed by atoms with van der Waals surface area (Å²) in [4.78, 5) is 80.1. The lowest BCUT2D eigenvalue weighted by Gasteiger charge is -2.30. The van der Waals surface area contributed by atoms with Crippen molar-refractivity contribution in [1.82, 2.24) is 65.8 Å². The number of hydrogen-bond donors (Lipinski definition) is 12. The van der Waals surface area contributed by atoms with E-state index in [9.17, 15) is 24.0 Å². The smallest absolute Gasteiger partial charge is 0.407 e. The normalized spacial score (nSPS) is 10.8. The van der Waals surface area contributed by atoms with E-state index in [2.05, 4.69) is 121 Å². The second-order valence-electron chi connectivity index (χ2n) is 40.0. The van der Waals surface area contributed by atoms with Crippen molar-refractivity contribution in [3.63, 3.8) is 0 Å². The summed E-state index contributed by atoms with van der Waals surface area (Å²) in [5.74, 6) is 0. The molecule has 0 saturated carbocycles. The van der Waals surface area contributed by atoms with Crippen molar-refractivity contribution < 1.29 is 47.7 Å². The number of ether oxygens (including phenoxy) is 5. The minimum absolute atomic E-state index is 0.327. The first kappa shape index (κ1) is 153. The Morgan fingerprint density at radius 3 is 0.551 bits per heavy atom. The van der Waals surface area contributed by atoms with E-state index in [0.29, 0.717) is 97.6 Å². The Balaban J connectivity index is -0.000000273. The van der Waals surface area contributed by atoms with Crippen LogP contribution >= 0.6 is 0 Å². The minimum atomic E-state index is -0.494. The molecule has 0 unspecified atom stereocenters. The van der Waals surface area contributed by atoms with Crippen molar-refractivity contribution in [2.75, 3.05) is 242 Å². The Kier molecular flexibility index (Phi) is 116. The molecule has 0 aromatic heterocycles. The lowest BCUT2D eigenvalue weighted by atomic mass is 10.2. The minimum Gasteiger partial charge on any atom is -0.444 e. The van der Waals surface area contributed by atoms with Gasteiger partial charge < -0.3 is 130 Å². The molecule has 846 valence electrons. The van der Waals surface area contributed by atoms with Crippen LogP contribution in [0.15, 0.2) is 38.0 Å². The molecule has 0 aliphatic carbocycles. The molecule has 0 rings (SSSR count). The van der Waals surface area contributed by atoms with Gasteiger partial charge in [-0.15, -0.1) is 0 Å². The van der Waals surface area contributed by atoms with Gasteiger partial charge in [-0.25, -0.2) is 30.5 Å². The zero-order chi connectivity index (χ0) is 113. The second kappa shape index (κ2) is 112. The van der Waals surface area contributed by atoms with Crippen LogP contribution in [0.3, 0.4) is 0 Å². The molecule has 0 bridgehead atoms. The van der Waals surface area contributed by atoms with Crippen molar-refractivity contribution in [1.29, 1.82) is 42.1 Å². The Morgan fingerprint density at radius 1 is 0.245 bits per heavy atom. The number of nitrogens with two attached hydrogens (primary N) is 7. The first-order chi connectivity index (χ1) is 70.0. The molecule has 39 nitrogen and oxygen atoms in total. The fourth-order valence-electron chi connectivity index (χ4n) is 13.3. The summed E-state index contributed by atoms with van der Waals surface area (Å²) in [7, 11) is 0. The molecule has 39 heteroatoms. The first-order valence-electron chi connectivity index (χ1n) is 53.7. The zero-order valence-corrected chi connectivity index (χ0v) is 94.7. The van der Waals surface area contributed by atoms with Gasteiger partial charge in [0.15, 0.2) is 0 Å². The summed E-state index contributed by atoms with van der Waals surface area (Å²) in [5.41, 5.74) is 37.3. The lowest BCUT2D eigenvalue weighted by molar-refractivity contribution is 0.0515. The Bertz CT molecular complexity index is 3320. The summed E-state index contributed by atoms with van der Waals surface area (Å²) in [6, 6.07) is 15.9. The van der Waals surface area contributed by atoms with Crippen molar-refractivity contribution in [3.05, 3.63) is 49.4 Å².